The molecule has 1 amide bonds. The van der Waals surface area contributed by atoms with Crippen molar-refractivity contribution in [2.45, 2.75) is 18.9 Å². The van der Waals surface area contributed by atoms with Crippen LogP contribution >= 0.6 is 11.3 Å². The first-order chi connectivity index (χ1) is 15.7. The highest BCUT2D eigenvalue weighted by Crippen LogP contribution is 2.42. The van der Waals surface area contributed by atoms with Crippen molar-refractivity contribution in [3.05, 3.63) is 81.1 Å². The van der Waals surface area contributed by atoms with Crippen LogP contribution in [-0.2, 0) is 17.6 Å². The summed E-state index contributed by atoms with van der Waals surface area (Å²) in [6.07, 6.45) is 5.27. The van der Waals surface area contributed by atoms with Crippen molar-refractivity contribution in [2.24, 2.45) is 0 Å². The molecule has 5 nitrogen and oxygen atoms in total. The number of hydrogen-bond donors (Lipinski definition) is 0. The van der Waals surface area contributed by atoms with E-state index >= 15 is 0 Å². The summed E-state index contributed by atoms with van der Waals surface area (Å²) in [5, 5.41) is 2.05. The van der Waals surface area contributed by atoms with E-state index in [0.29, 0.717) is 12.3 Å². The maximum Gasteiger partial charge on any atom is 0.247 e. The number of rotatable bonds is 5. The molecule has 0 radical (unpaired) electrons. The van der Waals surface area contributed by atoms with Crippen LogP contribution in [0.3, 0.4) is 0 Å². The third-order valence-electron chi connectivity index (χ3n) is 6.10. The molecule has 0 spiro atoms. The average molecular weight is 448 g/mol. The van der Waals surface area contributed by atoms with Gasteiger partial charge in [0.2, 0.25) is 5.91 Å². The summed E-state index contributed by atoms with van der Waals surface area (Å²) >= 11 is 1.66. The molecule has 6 heteroatoms. The van der Waals surface area contributed by atoms with Crippen molar-refractivity contribution < 1.29 is 19.0 Å². The van der Waals surface area contributed by atoms with Crippen molar-refractivity contribution in [3.8, 4) is 17.2 Å². The SMILES string of the molecule is COc1cc2c(cc1OC)C(c1cccs1)N(C(=O)/C=C/c1ccc3c(c1)CCO3)CC2. The summed E-state index contributed by atoms with van der Waals surface area (Å²) in [7, 11) is 3.29. The Morgan fingerprint density at radius 3 is 2.72 bits per heavy atom. The fourth-order valence-electron chi connectivity index (χ4n) is 4.51. The second-order valence-electron chi connectivity index (χ2n) is 7.90. The highest BCUT2D eigenvalue weighted by atomic mass is 32.1. The molecule has 3 heterocycles. The Balaban J connectivity index is 1.47. The summed E-state index contributed by atoms with van der Waals surface area (Å²) in [4.78, 5) is 16.4. The summed E-state index contributed by atoms with van der Waals surface area (Å²) in [6.45, 7) is 1.37. The maximum absolute atomic E-state index is 13.4. The Morgan fingerprint density at radius 2 is 1.94 bits per heavy atom. The van der Waals surface area contributed by atoms with Crippen molar-refractivity contribution in [1.29, 1.82) is 0 Å². The monoisotopic (exact) mass is 447 g/mol. The van der Waals surface area contributed by atoms with Crippen molar-refractivity contribution in [2.75, 3.05) is 27.4 Å². The summed E-state index contributed by atoms with van der Waals surface area (Å²) in [5.74, 6) is 2.35. The van der Waals surface area contributed by atoms with Crippen LogP contribution in [0, 0.1) is 0 Å². The molecule has 0 saturated heterocycles. The van der Waals surface area contributed by atoms with Gasteiger partial charge in [-0.3, -0.25) is 4.79 Å². The minimum atomic E-state index is -0.149. The van der Waals surface area contributed by atoms with Gasteiger partial charge in [-0.2, -0.15) is 0 Å². The van der Waals surface area contributed by atoms with E-state index in [9.17, 15) is 4.79 Å². The molecule has 0 N–H and O–H groups in total. The third kappa shape index (κ3) is 3.75. The highest BCUT2D eigenvalue weighted by Gasteiger charge is 2.33. The Kier molecular flexibility index (Phi) is 5.62. The zero-order chi connectivity index (χ0) is 22.1. The maximum atomic E-state index is 13.4. The first-order valence-corrected chi connectivity index (χ1v) is 11.6. The number of benzene rings is 2. The van der Waals surface area contributed by atoms with Gasteiger partial charge in [-0.25, -0.2) is 0 Å². The van der Waals surface area contributed by atoms with E-state index in [2.05, 4.69) is 17.5 Å². The number of methoxy groups -OCH3 is 2. The standard InChI is InChI=1S/C26H25NO4S/c1-29-22-15-18-9-11-27(26(24-4-3-13-32-24)20(18)16-23(22)30-2)25(28)8-6-17-5-7-21-19(14-17)10-12-31-21/h3-8,13-16,26H,9-12H2,1-2H3/b8-6+. The summed E-state index contributed by atoms with van der Waals surface area (Å²) in [6, 6.07) is 14.1. The first kappa shape index (κ1) is 20.6. The third-order valence-corrected chi connectivity index (χ3v) is 7.03. The largest absolute Gasteiger partial charge is 0.493 e. The quantitative estimate of drug-likeness (QED) is 0.523. The molecule has 0 aliphatic carbocycles. The van der Waals surface area contributed by atoms with Gasteiger partial charge in [-0.15, -0.1) is 11.3 Å². The van der Waals surface area contributed by atoms with Gasteiger partial charge < -0.3 is 19.1 Å². The normalized spacial score (nSPS) is 17.1. The van der Waals surface area contributed by atoms with Gasteiger partial charge in [0.25, 0.3) is 0 Å². The molecule has 32 heavy (non-hydrogen) atoms. The van der Waals surface area contributed by atoms with Gasteiger partial charge in [0, 0.05) is 23.9 Å². The average Bonchev–Trinajstić information content (AvgIpc) is 3.52. The van der Waals surface area contributed by atoms with Crippen LogP contribution in [0.25, 0.3) is 6.08 Å². The number of thiophene rings is 1. The van der Waals surface area contributed by atoms with E-state index in [1.807, 2.05) is 41.3 Å². The van der Waals surface area contributed by atoms with Crippen molar-refractivity contribution >= 4 is 23.3 Å². The molecular formula is C26H25NO4S. The Labute approximate surface area is 191 Å². The Hall–Kier alpha value is -3.25. The fraction of sp³-hybridized carbons (Fsp3) is 0.269. The lowest BCUT2D eigenvalue weighted by molar-refractivity contribution is -0.127. The van der Waals surface area contributed by atoms with E-state index < -0.39 is 0 Å². The number of ether oxygens (including phenoxy) is 3. The second kappa shape index (κ2) is 8.71. The molecule has 3 aromatic rings. The molecule has 164 valence electrons. The number of carbonyl (C=O) groups excluding carboxylic acids is 1. The molecule has 2 aliphatic rings. The van der Waals surface area contributed by atoms with Gasteiger partial charge in [-0.05, 0) is 70.5 Å². The van der Waals surface area contributed by atoms with Crippen LogP contribution in [0.1, 0.15) is 33.2 Å². The van der Waals surface area contributed by atoms with Gasteiger partial charge >= 0.3 is 0 Å². The van der Waals surface area contributed by atoms with E-state index in [0.717, 1.165) is 47.0 Å². The van der Waals surface area contributed by atoms with Crippen molar-refractivity contribution in [1.82, 2.24) is 4.90 Å². The van der Waals surface area contributed by atoms with E-state index in [1.165, 1.54) is 11.1 Å². The van der Waals surface area contributed by atoms with E-state index in [4.69, 9.17) is 14.2 Å². The first-order valence-electron chi connectivity index (χ1n) is 10.7. The molecule has 2 aromatic carbocycles. The Bertz CT molecular complexity index is 1170. The molecule has 1 unspecified atom stereocenters. The lowest BCUT2D eigenvalue weighted by atomic mass is 9.90. The molecule has 1 atom stereocenters. The summed E-state index contributed by atoms with van der Waals surface area (Å²) < 4.78 is 16.6. The lowest BCUT2D eigenvalue weighted by Crippen LogP contribution is -2.39. The number of carbonyl (C=O) groups is 1. The molecule has 0 bridgehead atoms. The highest BCUT2D eigenvalue weighted by molar-refractivity contribution is 7.10. The minimum absolute atomic E-state index is 0.000540. The van der Waals surface area contributed by atoms with Crippen LogP contribution in [-0.4, -0.2) is 38.2 Å². The van der Waals surface area contributed by atoms with Crippen LogP contribution in [0.15, 0.2) is 53.9 Å². The molecule has 2 aliphatic heterocycles. The number of nitrogens with zero attached hydrogens (tertiary/aromatic N) is 1. The number of hydrogen-bond acceptors (Lipinski definition) is 5. The van der Waals surface area contributed by atoms with Gasteiger partial charge in [0.15, 0.2) is 11.5 Å². The Morgan fingerprint density at radius 1 is 1.09 bits per heavy atom. The molecule has 1 aromatic heterocycles. The smallest absolute Gasteiger partial charge is 0.247 e. The summed E-state index contributed by atoms with van der Waals surface area (Å²) in [5.41, 5.74) is 4.49. The van der Waals surface area contributed by atoms with Crippen LogP contribution in [0.5, 0.6) is 17.2 Å². The van der Waals surface area contributed by atoms with Gasteiger partial charge in [-0.1, -0.05) is 12.1 Å². The van der Waals surface area contributed by atoms with E-state index in [-0.39, 0.29) is 11.9 Å². The van der Waals surface area contributed by atoms with Crippen LogP contribution in [0.2, 0.25) is 0 Å². The van der Waals surface area contributed by atoms with Crippen LogP contribution in [0.4, 0.5) is 0 Å². The second-order valence-corrected chi connectivity index (χ2v) is 8.88. The molecule has 0 saturated carbocycles. The fourth-order valence-corrected chi connectivity index (χ4v) is 5.36. The zero-order valence-electron chi connectivity index (χ0n) is 18.2. The topological polar surface area (TPSA) is 48.0 Å². The zero-order valence-corrected chi connectivity index (χ0v) is 19.0. The van der Waals surface area contributed by atoms with Gasteiger partial charge in [0.1, 0.15) is 5.75 Å². The van der Waals surface area contributed by atoms with Crippen LogP contribution < -0.4 is 14.2 Å². The lowest BCUT2D eigenvalue weighted by Gasteiger charge is -2.37. The predicted octanol–water partition coefficient (Wildman–Crippen LogP) is 4.89. The number of amides is 1. The predicted molar refractivity (Wildman–Crippen MR) is 126 cm³/mol. The molecule has 5 rings (SSSR count). The minimum Gasteiger partial charge on any atom is -0.493 e. The number of fused-ring (bicyclic) bond motifs is 2. The van der Waals surface area contributed by atoms with E-state index in [1.54, 1.807) is 31.6 Å². The molecule has 0 fully saturated rings. The van der Waals surface area contributed by atoms with Gasteiger partial charge in [0.05, 0.1) is 26.9 Å². The molecular weight excluding hydrogens is 422 g/mol. The van der Waals surface area contributed by atoms with Crippen molar-refractivity contribution in [3.63, 3.8) is 0 Å².